The lowest BCUT2D eigenvalue weighted by atomic mass is 9.94. The Morgan fingerprint density at radius 1 is 1.00 bits per heavy atom. The molecule has 110 valence electrons. The molecule has 0 heterocycles. The lowest BCUT2D eigenvalue weighted by Gasteiger charge is -2.21. The fraction of sp³-hybridized carbons (Fsp3) is 0.368. The van der Waals surface area contributed by atoms with Gasteiger partial charge in [0, 0.05) is 4.90 Å². The highest BCUT2D eigenvalue weighted by Crippen LogP contribution is 2.40. The van der Waals surface area contributed by atoms with Gasteiger partial charge in [0.05, 0.1) is 5.38 Å². The van der Waals surface area contributed by atoms with Crippen LogP contribution in [0, 0.1) is 5.92 Å². The van der Waals surface area contributed by atoms with Crippen LogP contribution in [0.15, 0.2) is 59.5 Å². The molecule has 0 saturated heterocycles. The van der Waals surface area contributed by atoms with Gasteiger partial charge in [0.1, 0.15) is 0 Å². The third-order valence-corrected chi connectivity index (χ3v) is 5.92. The van der Waals surface area contributed by atoms with Crippen molar-refractivity contribution < 1.29 is 0 Å². The van der Waals surface area contributed by atoms with Gasteiger partial charge in [0.25, 0.3) is 0 Å². The Kier molecular flexibility index (Phi) is 5.27. The van der Waals surface area contributed by atoms with Crippen LogP contribution in [0.3, 0.4) is 0 Å². The van der Waals surface area contributed by atoms with E-state index in [0.29, 0.717) is 5.92 Å². The highest BCUT2D eigenvalue weighted by Gasteiger charge is 2.25. The fourth-order valence-electron chi connectivity index (χ4n) is 3.12. The second kappa shape index (κ2) is 7.38. The summed E-state index contributed by atoms with van der Waals surface area (Å²) in [6.07, 6.45) is 4.89. The Bertz CT molecular complexity index is 567. The zero-order chi connectivity index (χ0) is 14.5. The first-order valence-corrected chi connectivity index (χ1v) is 9.16. The van der Waals surface area contributed by atoms with Crippen LogP contribution in [0.1, 0.15) is 35.8 Å². The van der Waals surface area contributed by atoms with E-state index in [-0.39, 0.29) is 5.38 Å². The van der Waals surface area contributed by atoms with Crippen molar-refractivity contribution >= 4 is 23.4 Å². The Morgan fingerprint density at radius 3 is 2.62 bits per heavy atom. The standard InChI is InChI=1S/C19H21ClS/c20-19-16(13-14-21-17-10-2-1-3-11-17)9-6-8-15-7-4-5-12-18(15)19/h1-5,7,10-12,16,19H,6,8-9,13-14H2. The number of fused-ring (bicyclic) bond motifs is 1. The van der Waals surface area contributed by atoms with Crippen molar-refractivity contribution in [2.45, 2.75) is 36.0 Å². The van der Waals surface area contributed by atoms with E-state index in [1.165, 1.54) is 41.7 Å². The second-order valence-corrected chi connectivity index (χ2v) is 7.34. The molecule has 0 bridgehead atoms. The molecule has 1 aliphatic rings. The monoisotopic (exact) mass is 316 g/mol. The molecule has 0 amide bonds. The minimum atomic E-state index is 0.181. The van der Waals surface area contributed by atoms with Crippen molar-refractivity contribution in [3.8, 4) is 0 Å². The van der Waals surface area contributed by atoms with Crippen molar-refractivity contribution in [2.24, 2.45) is 5.92 Å². The molecule has 0 nitrogen and oxygen atoms in total. The number of aryl methyl sites for hydroxylation is 1. The molecule has 2 aromatic rings. The van der Waals surface area contributed by atoms with Gasteiger partial charge in [-0.25, -0.2) is 0 Å². The molecule has 0 radical (unpaired) electrons. The van der Waals surface area contributed by atoms with Crippen molar-refractivity contribution in [1.82, 2.24) is 0 Å². The largest absolute Gasteiger partial charge is 0.126 e. The smallest absolute Gasteiger partial charge is 0.0616 e. The lowest BCUT2D eigenvalue weighted by Crippen LogP contribution is -2.08. The molecule has 0 aliphatic heterocycles. The highest BCUT2D eigenvalue weighted by atomic mass is 35.5. The summed E-state index contributed by atoms with van der Waals surface area (Å²) in [7, 11) is 0. The van der Waals surface area contributed by atoms with Gasteiger partial charge in [-0.15, -0.1) is 23.4 Å². The van der Waals surface area contributed by atoms with Crippen LogP contribution in [0.25, 0.3) is 0 Å². The van der Waals surface area contributed by atoms with E-state index in [9.17, 15) is 0 Å². The van der Waals surface area contributed by atoms with E-state index in [1.54, 1.807) is 0 Å². The first kappa shape index (κ1) is 15.0. The van der Waals surface area contributed by atoms with Gasteiger partial charge < -0.3 is 0 Å². The summed E-state index contributed by atoms with van der Waals surface area (Å²) in [6.45, 7) is 0. The number of hydrogen-bond donors (Lipinski definition) is 0. The Morgan fingerprint density at radius 2 is 1.76 bits per heavy atom. The zero-order valence-corrected chi connectivity index (χ0v) is 13.7. The molecule has 2 unspecified atom stereocenters. The average Bonchev–Trinajstić information content (AvgIpc) is 2.69. The quantitative estimate of drug-likeness (QED) is 0.373. The molecule has 0 fully saturated rings. The van der Waals surface area contributed by atoms with E-state index >= 15 is 0 Å². The number of halogens is 1. The first-order valence-electron chi connectivity index (χ1n) is 7.74. The number of alkyl halides is 1. The molecule has 2 atom stereocenters. The molecule has 0 spiro atoms. The third-order valence-electron chi connectivity index (χ3n) is 4.29. The Hall–Kier alpha value is -0.920. The van der Waals surface area contributed by atoms with Crippen LogP contribution in [0.4, 0.5) is 0 Å². The molecule has 0 N–H and O–H groups in total. The minimum Gasteiger partial charge on any atom is -0.126 e. The van der Waals surface area contributed by atoms with Crippen LogP contribution in [-0.4, -0.2) is 5.75 Å². The van der Waals surface area contributed by atoms with Crippen LogP contribution in [-0.2, 0) is 6.42 Å². The normalized spacial score (nSPS) is 21.6. The van der Waals surface area contributed by atoms with Crippen LogP contribution in [0.5, 0.6) is 0 Å². The maximum absolute atomic E-state index is 6.79. The molecule has 2 aromatic carbocycles. The molecular weight excluding hydrogens is 296 g/mol. The van der Waals surface area contributed by atoms with Crippen molar-refractivity contribution in [3.05, 3.63) is 65.7 Å². The van der Waals surface area contributed by atoms with Gasteiger partial charge in [-0.1, -0.05) is 42.5 Å². The maximum Gasteiger partial charge on any atom is 0.0616 e. The number of hydrogen-bond acceptors (Lipinski definition) is 1. The van der Waals surface area contributed by atoms with Gasteiger partial charge >= 0.3 is 0 Å². The molecule has 2 heteroatoms. The average molecular weight is 317 g/mol. The van der Waals surface area contributed by atoms with Crippen molar-refractivity contribution in [2.75, 3.05) is 5.75 Å². The Labute approximate surface area is 136 Å². The van der Waals surface area contributed by atoms with Gasteiger partial charge in [-0.3, -0.25) is 0 Å². The molecular formula is C19H21ClS. The topological polar surface area (TPSA) is 0 Å². The summed E-state index contributed by atoms with van der Waals surface area (Å²) >= 11 is 8.74. The summed E-state index contributed by atoms with van der Waals surface area (Å²) in [6, 6.07) is 19.4. The summed E-state index contributed by atoms with van der Waals surface area (Å²) in [5.41, 5.74) is 2.82. The zero-order valence-electron chi connectivity index (χ0n) is 12.2. The molecule has 0 aromatic heterocycles. The van der Waals surface area contributed by atoms with Gasteiger partial charge in [0.2, 0.25) is 0 Å². The summed E-state index contributed by atoms with van der Waals surface area (Å²) in [5.74, 6) is 1.76. The van der Waals surface area contributed by atoms with E-state index in [2.05, 4.69) is 54.6 Å². The summed E-state index contributed by atoms with van der Waals surface area (Å²) < 4.78 is 0. The van der Waals surface area contributed by atoms with Gasteiger partial charge in [-0.05, 0) is 60.6 Å². The predicted molar refractivity (Wildman–Crippen MR) is 93.2 cm³/mol. The third kappa shape index (κ3) is 3.84. The van der Waals surface area contributed by atoms with Crippen LogP contribution < -0.4 is 0 Å². The summed E-state index contributed by atoms with van der Waals surface area (Å²) in [4.78, 5) is 1.36. The highest BCUT2D eigenvalue weighted by molar-refractivity contribution is 7.99. The second-order valence-electron chi connectivity index (χ2n) is 5.70. The molecule has 3 rings (SSSR count). The maximum atomic E-state index is 6.79. The minimum absolute atomic E-state index is 0.181. The number of thioether (sulfide) groups is 1. The predicted octanol–water partition coefficient (Wildman–Crippen LogP) is 6.10. The van der Waals surface area contributed by atoms with Gasteiger partial charge in [-0.2, -0.15) is 0 Å². The van der Waals surface area contributed by atoms with Crippen LogP contribution in [0.2, 0.25) is 0 Å². The van der Waals surface area contributed by atoms with Gasteiger partial charge in [0.15, 0.2) is 0 Å². The number of benzene rings is 2. The van der Waals surface area contributed by atoms with E-state index in [1.807, 2.05) is 11.8 Å². The lowest BCUT2D eigenvalue weighted by molar-refractivity contribution is 0.457. The van der Waals surface area contributed by atoms with Crippen molar-refractivity contribution in [1.29, 1.82) is 0 Å². The van der Waals surface area contributed by atoms with Crippen molar-refractivity contribution in [3.63, 3.8) is 0 Å². The first-order chi connectivity index (χ1) is 10.3. The SMILES string of the molecule is ClC1c2ccccc2CCCC1CCSc1ccccc1. The summed E-state index contributed by atoms with van der Waals surface area (Å²) in [5, 5.41) is 0.181. The van der Waals surface area contributed by atoms with E-state index < -0.39 is 0 Å². The molecule has 0 saturated carbocycles. The van der Waals surface area contributed by atoms with Crippen LogP contribution >= 0.6 is 23.4 Å². The Balaban J connectivity index is 1.61. The molecule has 1 aliphatic carbocycles. The van der Waals surface area contributed by atoms with E-state index in [4.69, 9.17) is 11.6 Å². The molecule has 21 heavy (non-hydrogen) atoms. The number of rotatable bonds is 4. The fourth-order valence-corrected chi connectivity index (χ4v) is 4.59. The van der Waals surface area contributed by atoms with E-state index in [0.717, 1.165) is 5.75 Å².